The first-order valence-corrected chi connectivity index (χ1v) is 12.4. The van der Waals surface area contributed by atoms with E-state index >= 15 is 0 Å². The third-order valence-corrected chi connectivity index (χ3v) is 7.07. The summed E-state index contributed by atoms with van der Waals surface area (Å²) in [7, 11) is 0. The van der Waals surface area contributed by atoms with Crippen molar-refractivity contribution in [1.82, 2.24) is 9.80 Å². The van der Waals surface area contributed by atoms with Gasteiger partial charge < -0.3 is 19.3 Å². The maximum absolute atomic E-state index is 13.3. The Labute approximate surface area is 206 Å². The summed E-state index contributed by atoms with van der Waals surface area (Å²) in [6.07, 6.45) is 3.39. The first kappa shape index (κ1) is 24.6. The number of halogens is 1. The minimum absolute atomic E-state index is 0.0552. The molecular weight excluding hydrogens is 452 g/mol. The minimum Gasteiger partial charge on any atom is -0.490 e. The van der Waals surface area contributed by atoms with Crippen LogP contribution >= 0.6 is 11.6 Å². The van der Waals surface area contributed by atoms with E-state index in [2.05, 4.69) is 0 Å². The SMILES string of the molecule is Cc1ccc(C(=O)N2CCO[C@@](COc3ccc(Cl)c(C)c3)(CC(=O)N3CCCCC3)C2)cc1. The number of carbonyl (C=O) groups excluding carboxylic acids is 2. The Bertz CT molecular complexity index is 1020. The maximum Gasteiger partial charge on any atom is 0.254 e. The topological polar surface area (TPSA) is 59.1 Å². The van der Waals surface area contributed by atoms with Crippen molar-refractivity contribution in [2.75, 3.05) is 39.4 Å². The minimum atomic E-state index is -0.916. The Morgan fingerprint density at radius 1 is 1.00 bits per heavy atom. The first-order chi connectivity index (χ1) is 16.3. The number of hydrogen-bond acceptors (Lipinski definition) is 4. The van der Waals surface area contributed by atoms with Crippen LogP contribution in [-0.2, 0) is 9.53 Å². The number of ether oxygens (including phenoxy) is 2. The van der Waals surface area contributed by atoms with Crippen molar-refractivity contribution in [2.45, 2.75) is 45.1 Å². The molecule has 2 amide bonds. The van der Waals surface area contributed by atoms with E-state index in [0.717, 1.165) is 43.5 Å². The van der Waals surface area contributed by atoms with Gasteiger partial charge in [-0.3, -0.25) is 9.59 Å². The summed E-state index contributed by atoms with van der Waals surface area (Å²) in [5.41, 5.74) is 1.74. The van der Waals surface area contributed by atoms with E-state index in [1.807, 2.05) is 55.1 Å². The maximum atomic E-state index is 13.3. The van der Waals surface area contributed by atoms with E-state index in [1.165, 1.54) is 0 Å². The molecule has 4 rings (SSSR count). The zero-order valence-corrected chi connectivity index (χ0v) is 20.8. The third kappa shape index (κ3) is 5.91. The standard InChI is InChI=1S/C27H33ClN2O4/c1-20-6-8-22(9-7-20)26(32)30-14-15-34-27(18-30,17-25(31)29-12-4-3-5-13-29)19-33-23-10-11-24(28)21(2)16-23/h6-11,16H,3-5,12-15,17-19H2,1-2H3/t27-/m0/s1. The van der Waals surface area contributed by atoms with Crippen molar-refractivity contribution < 1.29 is 19.1 Å². The van der Waals surface area contributed by atoms with Crippen LogP contribution in [0.5, 0.6) is 5.75 Å². The molecule has 1 atom stereocenters. The fourth-order valence-corrected chi connectivity index (χ4v) is 4.71. The first-order valence-electron chi connectivity index (χ1n) is 12.0. The molecule has 2 aromatic carbocycles. The predicted molar refractivity (Wildman–Crippen MR) is 132 cm³/mol. The molecule has 34 heavy (non-hydrogen) atoms. The molecule has 7 heteroatoms. The Hall–Kier alpha value is -2.57. The molecule has 0 bridgehead atoms. The summed E-state index contributed by atoms with van der Waals surface area (Å²) in [5.74, 6) is 0.665. The van der Waals surface area contributed by atoms with Crippen LogP contribution in [0.15, 0.2) is 42.5 Å². The molecule has 0 unspecified atom stereocenters. The summed E-state index contributed by atoms with van der Waals surface area (Å²) in [6, 6.07) is 13.1. The van der Waals surface area contributed by atoms with Crippen molar-refractivity contribution in [3.8, 4) is 5.75 Å². The fourth-order valence-electron chi connectivity index (χ4n) is 4.59. The smallest absolute Gasteiger partial charge is 0.254 e. The van der Waals surface area contributed by atoms with Gasteiger partial charge in [-0.1, -0.05) is 29.3 Å². The molecule has 2 aliphatic rings. The van der Waals surface area contributed by atoms with Crippen LogP contribution in [0, 0.1) is 13.8 Å². The lowest BCUT2D eigenvalue weighted by Gasteiger charge is -2.43. The van der Waals surface area contributed by atoms with Gasteiger partial charge in [0, 0.05) is 30.2 Å². The molecule has 0 N–H and O–H groups in total. The van der Waals surface area contributed by atoms with E-state index < -0.39 is 5.60 Å². The van der Waals surface area contributed by atoms with Gasteiger partial charge in [0.25, 0.3) is 5.91 Å². The average Bonchev–Trinajstić information content (AvgIpc) is 2.85. The molecular formula is C27H33ClN2O4. The number of nitrogens with zero attached hydrogens (tertiary/aromatic N) is 2. The van der Waals surface area contributed by atoms with Gasteiger partial charge in [-0.05, 0) is 69.0 Å². The Kier molecular flexibility index (Phi) is 7.79. The number of piperidine rings is 1. The molecule has 0 saturated carbocycles. The number of hydrogen-bond donors (Lipinski definition) is 0. The van der Waals surface area contributed by atoms with E-state index in [4.69, 9.17) is 21.1 Å². The molecule has 0 aromatic heterocycles. The van der Waals surface area contributed by atoms with Gasteiger partial charge in [0.2, 0.25) is 5.91 Å². The average molecular weight is 485 g/mol. The lowest BCUT2D eigenvalue weighted by atomic mass is 9.95. The van der Waals surface area contributed by atoms with Gasteiger partial charge in [0.05, 0.1) is 19.6 Å². The summed E-state index contributed by atoms with van der Waals surface area (Å²) >= 11 is 6.16. The molecule has 2 aromatic rings. The highest BCUT2D eigenvalue weighted by molar-refractivity contribution is 6.31. The Morgan fingerprint density at radius 3 is 2.44 bits per heavy atom. The molecule has 0 aliphatic carbocycles. The number of benzene rings is 2. The van der Waals surface area contributed by atoms with Crippen LogP contribution in [0.2, 0.25) is 5.02 Å². The number of amides is 2. The zero-order chi connectivity index (χ0) is 24.1. The molecule has 2 saturated heterocycles. The quantitative estimate of drug-likeness (QED) is 0.598. The van der Waals surface area contributed by atoms with Gasteiger partial charge in [-0.2, -0.15) is 0 Å². The van der Waals surface area contributed by atoms with Gasteiger partial charge in [0.1, 0.15) is 18.0 Å². The van der Waals surface area contributed by atoms with Crippen LogP contribution < -0.4 is 4.74 Å². The van der Waals surface area contributed by atoms with Crippen LogP contribution in [0.4, 0.5) is 0 Å². The number of carbonyl (C=O) groups is 2. The number of rotatable bonds is 6. The number of aryl methyl sites for hydroxylation is 2. The van der Waals surface area contributed by atoms with Gasteiger partial charge in [-0.25, -0.2) is 0 Å². The lowest BCUT2D eigenvalue weighted by Crippen LogP contribution is -2.58. The Balaban J connectivity index is 1.53. The van der Waals surface area contributed by atoms with Gasteiger partial charge in [0.15, 0.2) is 0 Å². The van der Waals surface area contributed by atoms with Crippen LogP contribution in [0.1, 0.15) is 47.2 Å². The second kappa shape index (κ2) is 10.8. The van der Waals surface area contributed by atoms with Crippen LogP contribution in [0.3, 0.4) is 0 Å². The molecule has 182 valence electrons. The summed E-state index contributed by atoms with van der Waals surface area (Å²) in [6.45, 7) is 6.77. The van der Waals surface area contributed by atoms with Crippen molar-refractivity contribution >= 4 is 23.4 Å². The van der Waals surface area contributed by atoms with Crippen molar-refractivity contribution in [2.24, 2.45) is 0 Å². The lowest BCUT2D eigenvalue weighted by molar-refractivity contribution is -0.153. The van der Waals surface area contributed by atoms with Crippen molar-refractivity contribution in [3.63, 3.8) is 0 Å². The highest BCUT2D eigenvalue weighted by atomic mass is 35.5. The predicted octanol–water partition coefficient (Wildman–Crippen LogP) is 4.65. The molecule has 6 nitrogen and oxygen atoms in total. The second-order valence-electron chi connectivity index (χ2n) is 9.44. The number of likely N-dealkylation sites (tertiary alicyclic amines) is 1. The molecule has 2 heterocycles. The van der Waals surface area contributed by atoms with E-state index in [1.54, 1.807) is 11.0 Å². The molecule has 2 aliphatic heterocycles. The molecule has 0 spiro atoms. The van der Waals surface area contributed by atoms with E-state index in [-0.39, 0.29) is 24.8 Å². The van der Waals surface area contributed by atoms with Crippen LogP contribution in [0.25, 0.3) is 0 Å². The monoisotopic (exact) mass is 484 g/mol. The number of morpholine rings is 1. The van der Waals surface area contributed by atoms with Gasteiger partial charge in [-0.15, -0.1) is 0 Å². The molecule has 0 radical (unpaired) electrons. The fraction of sp³-hybridized carbons (Fsp3) is 0.481. The van der Waals surface area contributed by atoms with Gasteiger partial charge >= 0.3 is 0 Å². The highest BCUT2D eigenvalue weighted by Crippen LogP contribution is 2.28. The highest BCUT2D eigenvalue weighted by Gasteiger charge is 2.42. The summed E-state index contributed by atoms with van der Waals surface area (Å²) in [4.78, 5) is 30.2. The van der Waals surface area contributed by atoms with Crippen molar-refractivity contribution in [1.29, 1.82) is 0 Å². The zero-order valence-electron chi connectivity index (χ0n) is 20.0. The summed E-state index contributed by atoms with van der Waals surface area (Å²) in [5, 5.41) is 0.672. The third-order valence-electron chi connectivity index (χ3n) is 6.65. The molecule has 2 fully saturated rings. The normalized spacial score (nSPS) is 20.8. The summed E-state index contributed by atoms with van der Waals surface area (Å²) < 4.78 is 12.4. The largest absolute Gasteiger partial charge is 0.490 e. The van der Waals surface area contributed by atoms with E-state index in [0.29, 0.717) is 36.0 Å². The van der Waals surface area contributed by atoms with E-state index in [9.17, 15) is 9.59 Å². The second-order valence-corrected chi connectivity index (χ2v) is 9.85. The van der Waals surface area contributed by atoms with Crippen molar-refractivity contribution in [3.05, 3.63) is 64.2 Å². The van der Waals surface area contributed by atoms with Crippen LogP contribution in [-0.4, -0.2) is 66.6 Å². The Morgan fingerprint density at radius 2 is 1.74 bits per heavy atom.